The van der Waals surface area contributed by atoms with Gasteiger partial charge in [-0.3, -0.25) is 4.79 Å². The molecular weight excluding hydrogens is 264 g/mol. The van der Waals surface area contributed by atoms with Gasteiger partial charge in [-0.05, 0) is 24.1 Å². The average Bonchev–Trinajstić information content (AvgIpc) is 3.04. The van der Waals surface area contributed by atoms with Crippen LogP contribution in [0, 0.1) is 0 Å². The summed E-state index contributed by atoms with van der Waals surface area (Å²) in [6.07, 6.45) is 6.36. The van der Waals surface area contributed by atoms with Crippen molar-refractivity contribution in [2.75, 3.05) is 0 Å². The van der Waals surface area contributed by atoms with Crippen molar-refractivity contribution < 1.29 is 4.79 Å². The molecule has 1 aromatic heterocycles. The molecular formula is C16H22N4O. The van der Waals surface area contributed by atoms with E-state index in [0.717, 1.165) is 30.5 Å². The van der Waals surface area contributed by atoms with Gasteiger partial charge in [0.1, 0.15) is 0 Å². The highest BCUT2D eigenvalue weighted by Gasteiger charge is 2.13. The molecule has 2 rings (SSSR count). The lowest BCUT2D eigenvalue weighted by Gasteiger charge is -2.14. The van der Waals surface area contributed by atoms with Crippen LogP contribution in [0.4, 0.5) is 0 Å². The number of nitrogens with zero attached hydrogens (tertiary/aromatic N) is 2. The van der Waals surface area contributed by atoms with E-state index in [1.54, 1.807) is 10.9 Å². The van der Waals surface area contributed by atoms with Crippen LogP contribution in [0.1, 0.15) is 31.7 Å². The van der Waals surface area contributed by atoms with Crippen LogP contribution in [0.25, 0.3) is 5.69 Å². The first-order chi connectivity index (χ1) is 10.2. The summed E-state index contributed by atoms with van der Waals surface area (Å²) >= 11 is 0. The van der Waals surface area contributed by atoms with Crippen molar-refractivity contribution in [1.29, 1.82) is 0 Å². The van der Waals surface area contributed by atoms with Crippen molar-refractivity contribution in [3.63, 3.8) is 0 Å². The number of rotatable bonds is 7. The summed E-state index contributed by atoms with van der Waals surface area (Å²) in [6.45, 7) is 2.54. The average molecular weight is 286 g/mol. The van der Waals surface area contributed by atoms with Crippen LogP contribution in [-0.2, 0) is 11.3 Å². The Labute approximate surface area is 125 Å². The molecule has 21 heavy (non-hydrogen) atoms. The highest BCUT2D eigenvalue weighted by Crippen LogP contribution is 2.13. The van der Waals surface area contributed by atoms with Gasteiger partial charge in [-0.2, -0.15) is 5.10 Å². The van der Waals surface area contributed by atoms with E-state index in [-0.39, 0.29) is 5.91 Å². The second-order valence-corrected chi connectivity index (χ2v) is 5.05. The summed E-state index contributed by atoms with van der Waals surface area (Å²) in [5.41, 5.74) is 7.84. The van der Waals surface area contributed by atoms with Gasteiger partial charge in [0.05, 0.1) is 11.7 Å². The van der Waals surface area contributed by atoms with Crippen LogP contribution in [0.3, 0.4) is 0 Å². The van der Waals surface area contributed by atoms with E-state index < -0.39 is 6.04 Å². The van der Waals surface area contributed by atoms with Gasteiger partial charge in [-0.25, -0.2) is 4.68 Å². The molecule has 0 fully saturated rings. The molecule has 1 unspecified atom stereocenters. The highest BCUT2D eigenvalue weighted by molar-refractivity contribution is 5.81. The van der Waals surface area contributed by atoms with Gasteiger partial charge in [0.15, 0.2) is 0 Å². The fourth-order valence-corrected chi connectivity index (χ4v) is 2.16. The zero-order chi connectivity index (χ0) is 15.1. The Kier molecular flexibility index (Phi) is 5.51. The standard InChI is InChI=1S/C16H22N4O/c1-2-3-8-14(17)16(21)18-12-13-7-4-5-9-15(13)20-11-6-10-19-20/h4-7,9-11,14H,2-3,8,12,17H2,1H3,(H,18,21). The highest BCUT2D eigenvalue weighted by atomic mass is 16.2. The molecule has 1 heterocycles. The molecule has 2 aromatic rings. The van der Waals surface area contributed by atoms with Gasteiger partial charge >= 0.3 is 0 Å². The maximum absolute atomic E-state index is 12.0. The number of hydrogen-bond acceptors (Lipinski definition) is 3. The van der Waals surface area contributed by atoms with Gasteiger partial charge in [-0.15, -0.1) is 0 Å². The Morgan fingerprint density at radius 2 is 2.19 bits per heavy atom. The molecule has 0 aliphatic carbocycles. The topological polar surface area (TPSA) is 72.9 Å². The number of carbonyl (C=O) groups is 1. The Morgan fingerprint density at radius 3 is 2.90 bits per heavy atom. The molecule has 0 aliphatic rings. The number of nitrogens with one attached hydrogen (secondary N) is 1. The largest absolute Gasteiger partial charge is 0.351 e. The van der Waals surface area contributed by atoms with Crippen LogP contribution in [0.2, 0.25) is 0 Å². The molecule has 112 valence electrons. The molecule has 0 spiro atoms. The zero-order valence-electron chi connectivity index (χ0n) is 12.3. The first kappa shape index (κ1) is 15.3. The minimum Gasteiger partial charge on any atom is -0.351 e. The van der Waals surface area contributed by atoms with E-state index in [4.69, 9.17) is 5.73 Å². The first-order valence-corrected chi connectivity index (χ1v) is 7.33. The summed E-state index contributed by atoms with van der Waals surface area (Å²) in [5.74, 6) is -0.0984. The minimum atomic E-state index is -0.429. The van der Waals surface area contributed by atoms with E-state index in [1.165, 1.54) is 0 Å². The predicted molar refractivity (Wildman–Crippen MR) is 82.9 cm³/mol. The molecule has 3 N–H and O–H groups in total. The second kappa shape index (κ2) is 7.59. The fraction of sp³-hybridized carbons (Fsp3) is 0.375. The van der Waals surface area contributed by atoms with Gasteiger partial charge in [0.2, 0.25) is 5.91 Å². The lowest BCUT2D eigenvalue weighted by molar-refractivity contribution is -0.122. The molecule has 0 aliphatic heterocycles. The van der Waals surface area contributed by atoms with E-state index >= 15 is 0 Å². The van der Waals surface area contributed by atoms with Gasteiger partial charge < -0.3 is 11.1 Å². The third-order valence-electron chi connectivity index (χ3n) is 3.40. The lowest BCUT2D eigenvalue weighted by Crippen LogP contribution is -2.40. The van der Waals surface area contributed by atoms with E-state index in [2.05, 4.69) is 17.3 Å². The third-order valence-corrected chi connectivity index (χ3v) is 3.40. The van der Waals surface area contributed by atoms with E-state index in [1.807, 2.05) is 36.5 Å². The van der Waals surface area contributed by atoms with Gasteiger partial charge in [-0.1, -0.05) is 38.0 Å². The molecule has 0 bridgehead atoms. The normalized spacial score (nSPS) is 12.1. The number of nitrogens with two attached hydrogens (primary N) is 1. The van der Waals surface area contributed by atoms with Crippen molar-refractivity contribution in [2.24, 2.45) is 5.73 Å². The number of amides is 1. The van der Waals surface area contributed by atoms with Crippen molar-refractivity contribution in [2.45, 2.75) is 38.8 Å². The first-order valence-electron chi connectivity index (χ1n) is 7.33. The second-order valence-electron chi connectivity index (χ2n) is 5.05. The summed E-state index contributed by atoms with van der Waals surface area (Å²) in [4.78, 5) is 12.0. The summed E-state index contributed by atoms with van der Waals surface area (Å²) in [6, 6.07) is 9.30. The number of para-hydroxylation sites is 1. The summed E-state index contributed by atoms with van der Waals surface area (Å²) < 4.78 is 1.79. The van der Waals surface area contributed by atoms with Crippen molar-refractivity contribution in [3.8, 4) is 5.69 Å². The number of unbranched alkanes of at least 4 members (excludes halogenated alkanes) is 1. The SMILES string of the molecule is CCCCC(N)C(=O)NCc1ccccc1-n1cccn1. The zero-order valence-corrected chi connectivity index (χ0v) is 12.3. The van der Waals surface area contributed by atoms with Crippen LogP contribution >= 0.6 is 0 Å². The Hall–Kier alpha value is -2.14. The van der Waals surface area contributed by atoms with Crippen LogP contribution in [0.15, 0.2) is 42.7 Å². The molecule has 1 atom stereocenters. The Balaban J connectivity index is 1.99. The van der Waals surface area contributed by atoms with Crippen LogP contribution in [0.5, 0.6) is 0 Å². The summed E-state index contributed by atoms with van der Waals surface area (Å²) in [5, 5.41) is 7.13. The van der Waals surface area contributed by atoms with Crippen molar-refractivity contribution in [1.82, 2.24) is 15.1 Å². The third kappa shape index (κ3) is 4.16. The van der Waals surface area contributed by atoms with Crippen LogP contribution in [-0.4, -0.2) is 21.7 Å². The van der Waals surface area contributed by atoms with E-state index in [9.17, 15) is 4.79 Å². The predicted octanol–water partition coefficient (Wildman–Crippen LogP) is 2.01. The van der Waals surface area contributed by atoms with Gasteiger partial charge in [0.25, 0.3) is 0 Å². The molecule has 0 saturated carbocycles. The quantitative estimate of drug-likeness (QED) is 0.817. The summed E-state index contributed by atoms with van der Waals surface area (Å²) in [7, 11) is 0. The molecule has 0 saturated heterocycles. The van der Waals surface area contributed by atoms with Crippen molar-refractivity contribution >= 4 is 5.91 Å². The van der Waals surface area contributed by atoms with Crippen LogP contribution < -0.4 is 11.1 Å². The lowest BCUT2D eigenvalue weighted by atomic mass is 10.1. The number of benzene rings is 1. The smallest absolute Gasteiger partial charge is 0.237 e. The molecule has 5 nitrogen and oxygen atoms in total. The maximum Gasteiger partial charge on any atom is 0.237 e. The van der Waals surface area contributed by atoms with Gasteiger partial charge in [0, 0.05) is 18.9 Å². The van der Waals surface area contributed by atoms with E-state index in [0.29, 0.717) is 6.54 Å². The molecule has 1 aromatic carbocycles. The van der Waals surface area contributed by atoms with Crippen molar-refractivity contribution in [3.05, 3.63) is 48.3 Å². The maximum atomic E-state index is 12.0. The monoisotopic (exact) mass is 286 g/mol. The minimum absolute atomic E-state index is 0.0984. The molecule has 1 amide bonds. The number of aromatic nitrogens is 2. The Bertz CT molecular complexity index is 565. The number of hydrogen-bond donors (Lipinski definition) is 2. The number of carbonyl (C=O) groups excluding carboxylic acids is 1. The Morgan fingerprint density at radius 1 is 1.38 bits per heavy atom. The molecule has 5 heteroatoms. The molecule has 0 radical (unpaired) electrons. The fourth-order valence-electron chi connectivity index (χ4n) is 2.16.